The Labute approximate surface area is 168 Å². The van der Waals surface area contributed by atoms with E-state index in [1.807, 2.05) is 4.90 Å². The van der Waals surface area contributed by atoms with Gasteiger partial charge in [-0.15, -0.1) is 0 Å². The van der Waals surface area contributed by atoms with Crippen molar-refractivity contribution in [2.75, 3.05) is 32.2 Å². The van der Waals surface area contributed by atoms with E-state index in [-0.39, 0.29) is 5.91 Å². The maximum Gasteiger partial charge on any atom is 0.282 e. The second-order valence-corrected chi connectivity index (χ2v) is 6.91. The summed E-state index contributed by atoms with van der Waals surface area (Å²) in [5.41, 5.74) is 1.58. The number of ether oxygens (including phenoxy) is 2. The molecule has 0 unspecified atom stereocenters. The summed E-state index contributed by atoms with van der Waals surface area (Å²) in [6, 6.07) is 10.5. The van der Waals surface area contributed by atoms with Crippen LogP contribution in [0.3, 0.4) is 0 Å². The molecule has 2 aromatic rings. The van der Waals surface area contributed by atoms with Crippen molar-refractivity contribution in [3.05, 3.63) is 59.5 Å². The predicted octanol–water partition coefficient (Wildman–Crippen LogP) is 3.22. The number of imide groups is 1. The van der Waals surface area contributed by atoms with Crippen LogP contribution in [0.1, 0.15) is 18.4 Å². The first kappa shape index (κ1) is 19.0. The number of hydrogen-bond acceptors (Lipinski definition) is 5. The fourth-order valence-electron chi connectivity index (χ4n) is 3.83. The van der Waals surface area contributed by atoms with Crippen molar-refractivity contribution in [1.29, 1.82) is 0 Å². The quantitative estimate of drug-likeness (QED) is 0.727. The first-order valence-electron chi connectivity index (χ1n) is 9.41. The highest BCUT2D eigenvalue weighted by atomic mass is 19.1. The van der Waals surface area contributed by atoms with Gasteiger partial charge in [-0.3, -0.25) is 9.59 Å². The number of nitrogens with zero attached hydrogens (tertiary/aromatic N) is 2. The Kier molecular flexibility index (Phi) is 4.96. The monoisotopic (exact) mass is 396 g/mol. The standard InChI is InChI=1S/C22H21FN2O4/c1-28-17-10-9-16(13-18(17)29-2)25-21(26)19(14-5-7-15(23)8-6-14)20(22(25)27)24-11-3-4-12-24/h5-10,13H,3-4,11-12H2,1-2H3. The minimum absolute atomic E-state index is 0.298. The summed E-state index contributed by atoms with van der Waals surface area (Å²) in [5.74, 6) is -0.296. The fraction of sp³-hybridized carbons (Fsp3) is 0.273. The molecule has 0 aliphatic carbocycles. The van der Waals surface area contributed by atoms with E-state index in [4.69, 9.17) is 9.47 Å². The summed E-state index contributed by atoms with van der Waals surface area (Å²) in [4.78, 5) is 29.8. The predicted molar refractivity (Wildman–Crippen MR) is 106 cm³/mol. The lowest BCUT2D eigenvalue weighted by molar-refractivity contribution is -0.120. The van der Waals surface area contributed by atoms with E-state index in [2.05, 4.69) is 0 Å². The molecule has 0 saturated carbocycles. The first-order chi connectivity index (χ1) is 14.0. The number of carbonyl (C=O) groups is 2. The SMILES string of the molecule is COc1ccc(N2C(=O)C(c3ccc(F)cc3)=C(N3CCCC3)C2=O)cc1OC. The third kappa shape index (κ3) is 3.22. The summed E-state index contributed by atoms with van der Waals surface area (Å²) in [6.07, 6.45) is 1.91. The number of carbonyl (C=O) groups excluding carboxylic acids is 2. The van der Waals surface area contributed by atoms with Gasteiger partial charge >= 0.3 is 0 Å². The molecule has 0 spiro atoms. The molecule has 150 valence electrons. The second kappa shape index (κ2) is 7.58. The van der Waals surface area contributed by atoms with Crippen LogP contribution >= 0.6 is 0 Å². The average Bonchev–Trinajstić information content (AvgIpc) is 3.34. The molecule has 2 aromatic carbocycles. The molecule has 4 rings (SSSR count). The van der Waals surface area contributed by atoms with Crippen molar-refractivity contribution in [1.82, 2.24) is 4.90 Å². The van der Waals surface area contributed by atoms with Gasteiger partial charge in [-0.25, -0.2) is 9.29 Å². The van der Waals surface area contributed by atoms with E-state index >= 15 is 0 Å². The normalized spacial score (nSPS) is 16.8. The zero-order chi connectivity index (χ0) is 20.5. The molecule has 0 aromatic heterocycles. The van der Waals surface area contributed by atoms with Crippen LogP contribution in [0.5, 0.6) is 11.5 Å². The van der Waals surface area contributed by atoms with Crippen molar-refractivity contribution in [3.8, 4) is 11.5 Å². The molecule has 0 bridgehead atoms. The van der Waals surface area contributed by atoms with Gasteiger partial charge in [0.1, 0.15) is 11.5 Å². The van der Waals surface area contributed by atoms with Crippen LogP contribution in [-0.4, -0.2) is 44.0 Å². The van der Waals surface area contributed by atoms with Crippen LogP contribution in [0.15, 0.2) is 48.2 Å². The summed E-state index contributed by atoms with van der Waals surface area (Å²) >= 11 is 0. The van der Waals surface area contributed by atoms with Crippen molar-refractivity contribution in [3.63, 3.8) is 0 Å². The molecule has 2 aliphatic rings. The lowest BCUT2D eigenvalue weighted by atomic mass is 10.0. The zero-order valence-electron chi connectivity index (χ0n) is 16.3. The largest absolute Gasteiger partial charge is 0.493 e. The third-order valence-electron chi connectivity index (χ3n) is 5.24. The van der Waals surface area contributed by atoms with E-state index in [9.17, 15) is 14.0 Å². The first-order valence-corrected chi connectivity index (χ1v) is 9.41. The summed E-state index contributed by atoms with van der Waals surface area (Å²) in [7, 11) is 3.01. The van der Waals surface area contributed by atoms with Crippen LogP contribution in [0, 0.1) is 5.82 Å². The molecular weight excluding hydrogens is 375 g/mol. The summed E-state index contributed by atoms with van der Waals surface area (Å²) < 4.78 is 24.0. The van der Waals surface area contributed by atoms with Crippen LogP contribution in [0.25, 0.3) is 5.57 Å². The molecule has 2 aliphatic heterocycles. The lowest BCUT2D eigenvalue weighted by Gasteiger charge is -2.20. The molecule has 6 nitrogen and oxygen atoms in total. The van der Waals surface area contributed by atoms with Gasteiger partial charge in [0.2, 0.25) is 0 Å². The van der Waals surface area contributed by atoms with Gasteiger partial charge in [-0.1, -0.05) is 12.1 Å². The Morgan fingerprint density at radius 3 is 2.14 bits per heavy atom. The number of amides is 2. The molecule has 2 amide bonds. The third-order valence-corrected chi connectivity index (χ3v) is 5.24. The number of anilines is 1. The highest BCUT2D eigenvalue weighted by Gasteiger charge is 2.43. The van der Waals surface area contributed by atoms with Gasteiger partial charge in [0.05, 0.1) is 25.5 Å². The average molecular weight is 396 g/mol. The summed E-state index contributed by atoms with van der Waals surface area (Å²) in [5, 5.41) is 0. The van der Waals surface area contributed by atoms with Crippen molar-refractivity contribution < 1.29 is 23.5 Å². The van der Waals surface area contributed by atoms with E-state index in [1.165, 1.54) is 38.5 Å². The molecule has 2 heterocycles. The van der Waals surface area contributed by atoms with Gasteiger partial charge in [0.15, 0.2) is 11.5 Å². The smallest absolute Gasteiger partial charge is 0.282 e. The lowest BCUT2D eigenvalue weighted by Crippen LogP contribution is -2.34. The topological polar surface area (TPSA) is 59.1 Å². The Bertz CT molecular complexity index is 994. The minimum atomic E-state index is -0.435. The number of likely N-dealkylation sites (tertiary alicyclic amines) is 1. The summed E-state index contributed by atoms with van der Waals surface area (Å²) in [6.45, 7) is 1.41. The zero-order valence-corrected chi connectivity index (χ0v) is 16.3. The molecule has 0 atom stereocenters. The van der Waals surface area contributed by atoms with Gasteiger partial charge in [0.25, 0.3) is 11.8 Å². The molecular formula is C22H21FN2O4. The van der Waals surface area contributed by atoms with Gasteiger partial charge in [0, 0.05) is 19.2 Å². The fourth-order valence-corrected chi connectivity index (χ4v) is 3.83. The van der Waals surface area contributed by atoms with Crippen LogP contribution < -0.4 is 14.4 Å². The van der Waals surface area contributed by atoms with Gasteiger partial charge < -0.3 is 14.4 Å². The van der Waals surface area contributed by atoms with Crippen molar-refractivity contribution >= 4 is 23.1 Å². The number of rotatable bonds is 5. The minimum Gasteiger partial charge on any atom is -0.493 e. The van der Waals surface area contributed by atoms with E-state index in [0.29, 0.717) is 47.1 Å². The second-order valence-electron chi connectivity index (χ2n) is 6.91. The number of hydrogen-bond donors (Lipinski definition) is 0. The highest BCUT2D eigenvalue weighted by Crippen LogP contribution is 2.39. The molecule has 29 heavy (non-hydrogen) atoms. The Balaban J connectivity index is 1.81. The number of methoxy groups -OCH3 is 2. The van der Waals surface area contributed by atoms with E-state index in [1.54, 1.807) is 18.2 Å². The van der Waals surface area contributed by atoms with E-state index in [0.717, 1.165) is 17.7 Å². The van der Waals surface area contributed by atoms with Crippen LogP contribution in [-0.2, 0) is 9.59 Å². The van der Waals surface area contributed by atoms with Crippen molar-refractivity contribution in [2.24, 2.45) is 0 Å². The molecule has 0 radical (unpaired) electrons. The van der Waals surface area contributed by atoms with Gasteiger partial charge in [-0.05, 0) is 42.7 Å². The maximum absolute atomic E-state index is 13.4. The Morgan fingerprint density at radius 2 is 1.52 bits per heavy atom. The van der Waals surface area contributed by atoms with Crippen LogP contribution in [0.2, 0.25) is 0 Å². The van der Waals surface area contributed by atoms with Crippen molar-refractivity contribution in [2.45, 2.75) is 12.8 Å². The van der Waals surface area contributed by atoms with E-state index < -0.39 is 11.7 Å². The molecule has 7 heteroatoms. The Hall–Kier alpha value is -3.35. The molecule has 0 N–H and O–H groups in total. The maximum atomic E-state index is 13.4. The Morgan fingerprint density at radius 1 is 0.862 bits per heavy atom. The number of halogens is 1. The number of benzene rings is 2. The molecule has 1 fully saturated rings. The van der Waals surface area contributed by atoms with Crippen LogP contribution in [0.4, 0.5) is 10.1 Å². The highest BCUT2D eigenvalue weighted by molar-refractivity contribution is 6.45. The van der Waals surface area contributed by atoms with Gasteiger partial charge in [-0.2, -0.15) is 0 Å². The molecule has 1 saturated heterocycles.